The number of carbonyl (C=O) groups is 1. The summed E-state index contributed by atoms with van der Waals surface area (Å²) in [6.07, 6.45) is 9.86. The number of rotatable bonds is 43. The molecule has 0 aliphatic carbocycles. The number of aryl methyl sites for hydroxylation is 6. The van der Waals surface area contributed by atoms with Gasteiger partial charge in [0.2, 0.25) is 11.5 Å². The molecule has 0 aliphatic rings. The van der Waals surface area contributed by atoms with Crippen molar-refractivity contribution in [3.05, 3.63) is 350 Å². The maximum Gasteiger partial charge on any atom is 0.338 e. The number of ether oxygens (including phenoxy) is 9. The molecule has 6 heterocycles. The molecule has 0 saturated heterocycles. The van der Waals surface area contributed by atoms with E-state index in [1.165, 1.54) is 138 Å². The van der Waals surface area contributed by atoms with Gasteiger partial charge in [0.15, 0.2) is 23.0 Å². The summed E-state index contributed by atoms with van der Waals surface area (Å²) in [6.45, 7) is 7.58. The topological polar surface area (TPSA) is 130 Å². The molecule has 0 spiro atoms. The maximum absolute atomic E-state index is 14.0. The Morgan fingerprint density at radius 1 is 0.209 bits per heavy atom. The van der Waals surface area contributed by atoms with Crippen LogP contribution in [0.15, 0.2) is 334 Å². The average Bonchev–Trinajstić information content (AvgIpc) is 1.64. The lowest BCUT2D eigenvalue weighted by Crippen LogP contribution is -2.09. The van der Waals surface area contributed by atoms with Gasteiger partial charge in [0.1, 0.15) is 24.7 Å². The molecule has 0 amide bonds. The lowest BCUT2D eigenvalue weighted by molar-refractivity contribution is 0.0599. The van der Waals surface area contributed by atoms with E-state index in [0.717, 1.165) is 127 Å². The van der Waals surface area contributed by atoms with Crippen LogP contribution in [0.3, 0.4) is 0 Å². The first-order valence-corrected chi connectivity index (χ1v) is 47.8. The number of para-hydroxylation sites is 12. The van der Waals surface area contributed by atoms with Gasteiger partial charge in [0.25, 0.3) is 0 Å². The van der Waals surface area contributed by atoms with Crippen LogP contribution in [0.2, 0.25) is 0 Å². The van der Waals surface area contributed by atoms with Crippen LogP contribution in [-0.2, 0) is 57.2 Å². The summed E-state index contributed by atoms with van der Waals surface area (Å²) >= 11 is 0. The minimum Gasteiger partial charge on any atom is -0.490 e. The molecular formula is C118H110N6O10. The Balaban J connectivity index is 0.571. The van der Waals surface area contributed by atoms with Gasteiger partial charge in [0.05, 0.1) is 52.3 Å². The van der Waals surface area contributed by atoms with E-state index in [1.807, 2.05) is 30.3 Å². The number of unbranched alkanes of at least 4 members (excludes halogenated alkanes) is 6. The Kier molecular flexibility index (Phi) is 25.6. The molecule has 21 aromatic rings. The number of fused-ring (bicyclic) bond motifs is 18. The molecule has 21 rings (SSSR count). The summed E-state index contributed by atoms with van der Waals surface area (Å²) in [7, 11) is 1.39. The van der Waals surface area contributed by atoms with E-state index in [-0.39, 0.29) is 18.8 Å². The quantitative estimate of drug-likeness (QED) is 0.0269. The Hall–Kier alpha value is -15.0. The van der Waals surface area contributed by atoms with E-state index in [4.69, 9.17) is 42.6 Å². The predicted octanol–water partition coefficient (Wildman–Crippen LogP) is 28.4. The normalized spacial score (nSPS) is 11.8. The van der Waals surface area contributed by atoms with Gasteiger partial charge in [-0.1, -0.05) is 218 Å². The molecule has 0 saturated carbocycles. The van der Waals surface area contributed by atoms with Crippen molar-refractivity contribution in [1.82, 2.24) is 27.4 Å². The predicted molar refractivity (Wildman–Crippen MR) is 544 cm³/mol. The van der Waals surface area contributed by atoms with E-state index in [0.29, 0.717) is 85.6 Å². The molecule has 672 valence electrons. The Morgan fingerprint density at radius 2 is 0.388 bits per heavy atom. The third kappa shape index (κ3) is 17.8. The Bertz CT molecular complexity index is 6740. The van der Waals surface area contributed by atoms with Gasteiger partial charge in [0, 0.05) is 176 Å². The second kappa shape index (κ2) is 40.0. The smallest absolute Gasteiger partial charge is 0.338 e. The molecule has 6 aromatic heterocycles. The lowest BCUT2D eigenvalue weighted by Gasteiger charge is -2.20. The van der Waals surface area contributed by atoms with Gasteiger partial charge in [-0.05, 0) is 197 Å². The van der Waals surface area contributed by atoms with Gasteiger partial charge in [-0.2, -0.15) is 0 Å². The maximum atomic E-state index is 14.0. The molecule has 0 unspecified atom stereocenters. The number of benzene rings is 15. The monoisotopic (exact) mass is 1770 g/mol. The first kappa shape index (κ1) is 85.7. The van der Waals surface area contributed by atoms with Crippen molar-refractivity contribution in [1.29, 1.82) is 0 Å². The first-order chi connectivity index (χ1) is 66.4. The van der Waals surface area contributed by atoms with Crippen molar-refractivity contribution < 1.29 is 47.4 Å². The fourth-order valence-corrected chi connectivity index (χ4v) is 20.2. The summed E-state index contributed by atoms with van der Waals surface area (Å²) in [5, 5.41) is 15.0. The summed E-state index contributed by atoms with van der Waals surface area (Å²) in [5.41, 5.74) is 16.5. The van der Waals surface area contributed by atoms with Crippen LogP contribution >= 0.6 is 0 Å². The van der Waals surface area contributed by atoms with Crippen molar-refractivity contribution in [3.63, 3.8) is 0 Å². The average molecular weight is 1770 g/mol. The largest absolute Gasteiger partial charge is 0.490 e. The van der Waals surface area contributed by atoms with E-state index in [9.17, 15) is 4.79 Å². The Labute approximate surface area is 779 Å². The summed E-state index contributed by atoms with van der Waals surface area (Å²) in [6, 6.07) is 117. The van der Waals surface area contributed by atoms with E-state index in [2.05, 4.69) is 319 Å². The van der Waals surface area contributed by atoms with Crippen LogP contribution in [-0.4, -0.2) is 80.1 Å². The molecule has 0 N–H and O–H groups in total. The van der Waals surface area contributed by atoms with Crippen molar-refractivity contribution in [2.75, 3.05) is 46.8 Å². The van der Waals surface area contributed by atoms with Crippen LogP contribution in [0.5, 0.6) is 46.0 Å². The molecule has 0 fully saturated rings. The van der Waals surface area contributed by atoms with Crippen LogP contribution in [0.1, 0.15) is 98.5 Å². The molecular weight excluding hydrogens is 1660 g/mol. The Morgan fingerprint density at radius 3 is 0.575 bits per heavy atom. The number of aromatic nitrogens is 6. The van der Waals surface area contributed by atoms with Gasteiger partial charge >= 0.3 is 5.97 Å². The van der Waals surface area contributed by atoms with Crippen molar-refractivity contribution >= 4 is 137 Å². The molecule has 134 heavy (non-hydrogen) atoms. The molecule has 0 aliphatic heterocycles. The van der Waals surface area contributed by atoms with Gasteiger partial charge in [-0.15, -0.1) is 0 Å². The molecule has 16 heteroatoms. The van der Waals surface area contributed by atoms with Crippen LogP contribution in [0.25, 0.3) is 131 Å². The van der Waals surface area contributed by atoms with Crippen LogP contribution in [0.4, 0.5) is 0 Å². The van der Waals surface area contributed by atoms with Crippen molar-refractivity contribution in [3.8, 4) is 46.0 Å². The summed E-state index contributed by atoms with van der Waals surface area (Å²) in [5.74, 6) is 3.61. The number of methoxy groups -OCH3 is 1. The SMILES string of the molecule is COC(=O)c1cc(OCc2cc(OCCCCn3c4ccccc4c4ccccc43)c(OCCCCn3c4ccccc4c4ccccc43)c(OCCCCn3c4ccccc4c4ccccc43)c2)cc(OCc2cc(OCCCCn3c4ccccc4c4ccccc43)c(OCCCCn3c4ccccc4c4ccccc43)c(OCCCCn3c4ccccc4c4ccccc43)c2)c1. The third-order valence-corrected chi connectivity index (χ3v) is 26.5. The minimum atomic E-state index is -0.543. The zero-order chi connectivity index (χ0) is 89.9. The highest BCUT2D eigenvalue weighted by molar-refractivity contribution is 6.12. The van der Waals surface area contributed by atoms with E-state index in [1.54, 1.807) is 12.1 Å². The van der Waals surface area contributed by atoms with Gasteiger partial charge in [-0.3, -0.25) is 0 Å². The lowest BCUT2D eigenvalue weighted by atomic mass is 10.1. The summed E-state index contributed by atoms with van der Waals surface area (Å²) in [4.78, 5) is 14.0. The third-order valence-electron chi connectivity index (χ3n) is 26.5. The first-order valence-electron chi connectivity index (χ1n) is 47.8. The highest BCUT2D eigenvalue weighted by Gasteiger charge is 2.24. The number of hydrogen-bond acceptors (Lipinski definition) is 10. The highest BCUT2D eigenvalue weighted by Crippen LogP contribution is 2.44. The second-order valence-electron chi connectivity index (χ2n) is 35.1. The van der Waals surface area contributed by atoms with Crippen molar-refractivity contribution in [2.24, 2.45) is 0 Å². The van der Waals surface area contributed by atoms with Crippen LogP contribution < -0.4 is 37.9 Å². The highest BCUT2D eigenvalue weighted by atomic mass is 16.6. The van der Waals surface area contributed by atoms with Crippen molar-refractivity contribution in [2.45, 2.75) is 130 Å². The number of nitrogens with zero attached hydrogens (tertiary/aromatic N) is 6. The molecule has 0 atom stereocenters. The fourth-order valence-electron chi connectivity index (χ4n) is 20.2. The molecule has 0 radical (unpaired) electrons. The van der Waals surface area contributed by atoms with Gasteiger partial charge in [-0.25, -0.2) is 4.79 Å². The fraction of sp³-hybridized carbons (Fsp3) is 0.229. The zero-order valence-electron chi connectivity index (χ0n) is 75.9. The molecule has 0 bridgehead atoms. The van der Waals surface area contributed by atoms with Crippen LogP contribution in [0, 0.1) is 0 Å². The number of esters is 1. The molecule has 15 aromatic carbocycles. The minimum absolute atomic E-state index is 0.0671. The van der Waals surface area contributed by atoms with E-state index < -0.39 is 5.97 Å². The summed E-state index contributed by atoms with van der Waals surface area (Å²) < 4.78 is 76.2. The number of hydrogen-bond donors (Lipinski definition) is 0. The van der Waals surface area contributed by atoms with E-state index >= 15 is 0 Å². The standard InChI is InChI=1S/C118H110N6O10/c1-126-118(125)85-78-86(133-81-83-74-112(127-68-32-26-62-119-100-50-14-2-38-88(100)89-39-3-15-51-101(89)119)116(131-72-36-30-66-123-108-58-22-10-46-96(108)97-47-11-23-59-109(97)123)113(75-83)128-69-33-27-63-120-102-52-16-4-40-90(102)91-41-5-17-53-103(91)120)80-87(79-85)134-82-84-76-114(129-70-34-28-64-121-104-54-18-6-42-92(104)93-43-7-19-55-105(93)121)117(132-73-37-31-67-124-110-60-24-12-48-98(110)99-49-13-25-61-111(99)124)115(77-84)130-71-35-29-65-122-106-56-20-8-44-94(106)95-45-9-21-57-107(95)122/h2-25,38-61,74-80H,26-37,62-73,81-82H2,1H3. The zero-order valence-corrected chi connectivity index (χ0v) is 75.9. The molecule has 16 nitrogen and oxygen atoms in total. The second-order valence-corrected chi connectivity index (χ2v) is 35.1. The van der Waals surface area contributed by atoms with Gasteiger partial charge < -0.3 is 70.0 Å². The number of carbonyl (C=O) groups excluding carboxylic acids is 1.